The van der Waals surface area contributed by atoms with Crippen LogP contribution in [0.1, 0.15) is 21.9 Å². The Bertz CT molecular complexity index is 878. The second-order valence-corrected chi connectivity index (χ2v) is 9.17. The van der Waals surface area contributed by atoms with Crippen molar-refractivity contribution in [2.24, 2.45) is 0 Å². The van der Waals surface area contributed by atoms with E-state index in [1.54, 1.807) is 0 Å². The van der Waals surface area contributed by atoms with Crippen LogP contribution in [-0.4, -0.2) is 48.3 Å². The summed E-state index contributed by atoms with van der Waals surface area (Å²) in [5.41, 5.74) is 3.46. The van der Waals surface area contributed by atoms with Crippen LogP contribution in [-0.2, 0) is 6.54 Å². The number of benzene rings is 3. The molecular formula is C26H28F2N2S. The van der Waals surface area contributed by atoms with Crippen molar-refractivity contribution in [3.8, 4) is 0 Å². The van der Waals surface area contributed by atoms with Crippen molar-refractivity contribution in [1.82, 2.24) is 9.80 Å². The highest BCUT2D eigenvalue weighted by Gasteiger charge is 2.19. The minimum atomic E-state index is -0.236. The fraction of sp³-hybridized carbons (Fsp3) is 0.308. The molecule has 31 heavy (non-hydrogen) atoms. The minimum absolute atomic E-state index is 0.0700. The van der Waals surface area contributed by atoms with Crippen LogP contribution >= 0.6 is 11.8 Å². The van der Waals surface area contributed by atoms with E-state index in [2.05, 4.69) is 40.1 Å². The number of nitrogens with zero attached hydrogens (tertiary/aromatic N) is 2. The van der Waals surface area contributed by atoms with Crippen molar-refractivity contribution >= 4 is 11.8 Å². The molecule has 3 aromatic carbocycles. The highest BCUT2D eigenvalue weighted by Crippen LogP contribution is 2.35. The second kappa shape index (κ2) is 10.9. The summed E-state index contributed by atoms with van der Waals surface area (Å²) in [4.78, 5) is 5.03. The summed E-state index contributed by atoms with van der Waals surface area (Å²) in [7, 11) is 0. The lowest BCUT2D eigenvalue weighted by molar-refractivity contribution is 0.133. The second-order valence-electron chi connectivity index (χ2n) is 7.96. The Morgan fingerprint density at radius 1 is 0.677 bits per heavy atom. The van der Waals surface area contributed by atoms with Gasteiger partial charge in [0.2, 0.25) is 0 Å². The zero-order valence-electron chi connectivity index (χ0n) is 17.6. The predicted octanol–water partition coefficient (Wildman–Crippen LogP) is 5.61. The van der Waals surface area contributed by atoms with Crippen LogP contribution in [0.4, 0.5) is 8.78 Å². The lowest BCUT2D eigenvalue weighted by Crippen LogP contribution is -2.46. The number of hydrogen-bond donors (Lipinski definition) is 0. The molecule has 5 heteroatoms. The molecule has 1 aliphatic rings. The standard InChI is InChI=1S/C26H28F2N2S/c27-24-10-6-22(7-11-24)26(23-8-12-25(28)13-9-23)31-19-18-29-14-16-30(17-15-29)20-21-4-2-1-3-5-21/h1-13,26H,14-20H2. The molecule has 0 aliphatic carbocycles. The van der Waals surface area contributed by atoms with Gasteiger partial charge in [-0.1, -0.05) is 54.6 Å². The predicted molar refractivity (Wildman–Crippen MR) is 125 cm³/mol. The fourth-order valence-electron chi connectivity index (χ4n) is 3.97. The van der Waals surface area contributed by atoms with Gasteiger partial charge in [-0.15, -0.1) is 11.8 Å². The molecule has 0 unspecified atom stereocenters. The molecule has 162 valence electrons. The van der Waals surface area contributed by atoms with Crippen molar-refractivity contribution in [3.05, 3.63) is 107 Å². The monoisotopic (exact) mass is 438 g/mol. The maximum absolute atomic E-state index is 13.4. The average Bonchev–Trinajstić information content (AvgIpc) is 2.80. The van der Waals surface area contributed by atoms with Gasteiger partial charge in [0.25, 0.3) is 0 Å². The summed E-state index contributed by atoms with van der Waals surface area (Å²) in [6.45, 7) is 6.34. The van der Waals surface area contributed by atoms with E-state index in [1.165, 1.54) is 29.8 Å². The molecule has 1 fully saturated rings. The van der Waals surface area contributed by atoms with Gasteiger partial charge in [-0.2, -0.15) is 0 Å². The van der Waals surface area contributed by atoms with Crippen molar-refractivity contribution in [3.63, 3.8) is 0 Å². The van der Waals surface area contributed by atoms with Crippen LogP contribution in [0.5, 0.6) is 0 Å². The van der Waals surface area contributed by atoms with Gasteiger partial charge >= 0.3 is 0 Å². The van der Waals surface area contributed by atoms with Gasteiger partial charge in [0.15, 0.2) is 0 Å². The van der Waals surface area contributed by atoms with E-state index in [9.17, 15) is 8.78 Å². The molecule has 0 saturated carbocycles. The average molecular weight is 439 g/mol. The molecular weight excluding hydrogens is 410 g/mol. The molecule has 1 aliphatic heterocycles. The van der Waals surface area contributed by atoms with Crippen molar-refractivity contribution in [2.75, 3.05) is 38.5 Å². The highest BCUT2D eigenvalue weighted by atomic mass is 32.2. The Kier molecular flexibility index (Phi) is 7.73. The molecule has 0 aromatic heterocycles. The van der Waals surface area contributed by atoms with Crippen LogP contribution in [0.3, 0.4) is 0 Å². The van der Waals surface area contributed by atoms with Gasteiger partial charge in [0, 0.05) is 45.0 Å². The van der Waals surface area contributed by atoms with E-state index in [4.69, 9.17) is 0 Å². The maximum atomic E-state index is 13.4. The molecule has 0 bridgehead atoms. The first-order chi connectivity index (χ1) is 15.2. The van der Waals surface area contributed by atoms with Gasteiger partial charge in [-0.3, -0.25) is 9.80 Å². The van der Waals surface area contributed by atoms with E-state index < -0.39 is 0 Å². The molecule has 1 saturated heterocycles. The van der Waals surface area contributed by atoms with E-state index >= 15 is 0 Å². The highest BCUT2D eigenvalue weighted by molar-refractivity contribution is 7.99. The number of thioether (sulfide) groups is 1. The van der Waals surface area contributed by atoms with Crippen LogP contribution in [0, 0.1) is 11.6 Å². The summed E-state index contributed by atoms with van der Waals surface area (Å²) in [6.07, 6.45) is 0. The lowest BCUT2D eigenvalue weighted by atomic mass is 10.0. The van der Waals surface area contributed by atoms with E-state index in [0.29, 0.717) is 0 Å². The smallest absolute Gasteiger partial charge is 0.123 e. The summed E-state index contributed by atoms with van der Waals surface area (Å²) in [6, 6.07) is 24.0. The first kappa shape index (κ1) is 22.0. The van der Waals surface area contributed by atoms with Crippen molar-refractivity contribution in [1.29, 1.82) is 0 Å². The molecule has 0 amide bonds. The molecule has 0 N–H and O–H groups in total. The fourth-order valence-corrected chi connectivity index (χ4v) is 5.27. The molecule has 4 rings (SSSR count). The third-order valence-corrected chi connectivity index (χ3v) is 7.05. The van der Waals surface area contributed by atoms with E-state index in [1.807, 2.05) is 36.0 Å². The van der Waals surface area contributed by atoms with Gasteiger partial charge in [0.05, 0.1) is 5.25 Å². The molecule has 0 radical (unpaired) electrons. The first-order valence-electron chi connectivity index (χ1n) is 10.8. The number of rotatable bonds is 8. The Labute approximate surface area is 187 Å². The lowest BCUT2D eigenvalue weighted by Gasteiger charge is -2.35. The zero-order valence-corrected chi connectivity index (χ0v) is 18.4. The number of halogens is 2. The summed E-state index contributed by atoms with van der Waals surface area (Å²) in [5.74, 6) is 0.498. The normalized spacial score (nSPS) is 15.5. The van der Waals surface area contributed by atoms with Crippen molar-refractivity contribution in [2.45, 2.75) is 11.8 Å². The quantitative estimate of drug-likeness (QED) is 0.452. The zero-order chi connectivity index (χ0) is 21.5. The first-order valence-corrected chi connectivity index (χ1v) is 11.8. The van der Waals surface area contributed by atoms with Crippen LogP contribution in [0.15, 0.2) is 78.9 Å². The van der Waals surface area contributed by atoms with Gasteiger partial charge in [-0.25, -0.2) is 8.78 Å². The SMILES string of the molecule is Fc1ccc(C(SCCN2CCN(Cc3ccccc3)CC2)c2ccc(F)cc2)cc1. The molecule has 0 spiro atoms. The molecule has 1 heterocycles. The Morgan fingerprint density at radius 2 is 1.19 bits per heavy atom. The molecule has 3 aromatic rings. The van der Waals surface area contributed by atoms with E-state index in [0.717, 1.165) is 56.1 Å². The largest absolute Gasteiger partial charge is 0.300 e. The number of hydrogen-bond acceptors (Lipinski definition) is 3. The maximum Gasteiger partial charge on any atom is 0.123 e. The van der Waals surface area contributed by atoms with Crippen LogP contribution in [0.2, 0.25) is 0 Å². The Balaban J connectivity index is 1.30. The molecule has 0 atom stereocenters. The number of piperazine rings is 1. The topological polar surface area (TPSA) is 6.48 Å². The van der Waals surface area contributed by atoms with Crippen LogP contribution in [0.25, 0.3) is 0 Å². The van der Waals surface area contributed by atoms with Gasteiger partial charge in [-0.05, 0) is 41.0 Å². The Hall–Kier alpha value is -2.21. The minimum Gasteiger partial charge on any atom is -0.300 e. The summed E-state index contributed by atoms with van der Waals surface area (Å²) < 4.78 is 26.8. The third-order valence-electron chi connectivity index (χ3n) is 5.75. The van der Waals surface area contributed by atoms with Crippen LogP contribution < -0.4 is 0 Å². The molecule has 2 nitrogen and oxygen atoms in total. The Morgan fingerprint density at radius 3 is 1.74 bits per heavy atom. The summed E-state index contributed by atoms with van der Waals surface area (Å²) in [5, 5.41) is 0.0700. The van der Waals surface area contributed by atoms with Gasteiger partial charge < -0.3 is 0 Å². The third kappa shape index (κ3) is 6.39. The van der Waals surface area contributed by atoms with Gasteiger partial charge in [0.1, 0.15) is 11.6 Å². The van der Waals surface area contributed by atoms with E-state index in [-0.39, 0.29) is 16.9 Å². The summed E-state index contributed by atoms with van der Waals surface area (Å²) >= 11 is 1.84. The van der Waals surface area contributed by atoms with Crippen molar-refractivity contribution < 1.29 is 8.78 Å².